The van der Waals surface area contributed by atoms with Crippen LogP contribution in [0.3, 0.4) is 0 Å². The highest BCUT2D eigenvalue weighted by molar-refractivity contribution is 9.10. The number of nitrogens with zero attached hydrogens (tertiary/aromatic N) is 1. The molecule has 0 amide bonds. The molecule has 2 aliphatic rings. The highest BCUT2D eigenvalue weighted by Gasteiger charge is 2.35. The number of hydrogen-bond donors (Lipinski definition) is 0. The molecule has 17 heavy (non-hydrogen) atoms. The Morgan fingerprint density at radius 2 is 1.88 bits per heavy atom. The molecule has 0 N–H and O–H groups in total. The van der Waals surface area contributed by atoms with Crippen LogP contribution >= 0.6 is 15.9 Å². The zero-order valence-electron chi connectivity index (χ0n) is 9.83. The Bertz CT molecular complexity index is 388. The lowest BCUT2D eigenvalue weighted by Crippen LogP contribution is -2.21. The van der Waals surface area contributed by atoms with Gasteiger partial charge in [-0.25, -0.2) is 4.39 Å². The maximum Gasteiger partial charge on any atom is 0.124 e. The van der Waals surface area contributed by atoms with E-state index in [4.69, 9.17) is 0 Å². The van der Waals surface area contributed by atoms with E-state index < -0.39 is 0 Å². The normalized spacial score (nSPS) is 28.6. The predicted octanol–water partition coefficient (Wildman–Crippen LogP) is 3.82. The summed E-state index contributed by atoms with van der Waals surface area (Å²) in [6.07, 6.45) is 4.21. The number of benzene rings is 1. The predicted molar refractivity (Wildman–Crippen MR) is 70.2 cm³/mol. The number of halogens is 2. The van der Waals surface area contributed by atoms with Crippen molar-refractivity contribution < 1.29 is 4.39 Å². The quantitative estimate of drug-likeness (QED) is 0.802. The van der Waals surface area contributed by atoms with Gasteiger partial charge in [0.15, 0.2) is 0 Å². The van der Waals surface area contributed by atoms with Gasteiger partial charge in [-0.05, 0) is 48.4 Å². The molecule has 2 atom stereocenters. The second kappa shape index (κ2) is 4.69. The molecule has 92 valence electrons. The number of likely N-dealkylation sites (tertiary alicyclic amines) is 1. The van der Waals surface area contributed by atoms with Crippen LogP contribution < -0.4 is 0 Å². The van der Waals surface area contributed by atoms with E-state index in [-0.39, 0.29) is 5.82 Å². The molecule has 1 aliphatic carbocycles. The van der Waals surface area contributed by atoms with Crippen LogP contribution in [0.15, 0.2) is 22.7 Å². The molecule has 0 bridgehead atoms. The second-order valence-electron chi connectivity index (χ2n) is 5.42. The lowest BCUT2D eigenvalue weighted by Gasteiger charge is -2.17. The van der Waals surface area contributed by atoms with Gasteiger partial charge in [0.1, 0.15) is 5.82 Å². The number of fused-ring (bicyclic) bond motifs is 1. The SMILES string of the molecule is Fc1cc(Br)cc(CN2CC3CCCC3C2)c1. The summed E-state index contributed by atoms with van der Waals surface area (Å²) in [5.41, 5.74) is 1.08. The van der Waals surface area contributed by atoms with E-state index in [2.05, 4.69) is 20.8 Å². The first kappa shape index (κ1) is 11.7. The zero-order chi connectivity index (χ0) is 11.8. The molecule has 1 saturated heterocycles. The average molecular weight is 298 g/mol. The fourth-order valence-corrected chi connectivity index (χ4v) is 3.93. The Hall–Kier alpha value is -0.410. The van der Waals surface area contributed by atoms with Crippen molar-refractivity contribution in [1.82, 2.24) is 4.90 Å². The van der Waals surface area contributed by atoms with Crippen molar-refractivity contribution in [2.45, 2.75) is 25.8 Å². The van der Waals surface area contributed by atoms with Crippen molar-refractivity contribution in [3.05, 3.63) is 34.1 Å². The third-order valence-electron chi connectivity index (χ3n) is 4.13. The molecule has 3 heteroatoms. The fraction of sp³-hybridized carbons (Fsp3) is 0.571. The summed E-state index contributed by atoms with van der Waals surface area (Å²) in [6, 6.07) is 5.19. The van der Waals surface area contributed by atoms with Gasteiger partial charge in [0.05, 0.1) is 0 Å². The smallest absolute Gasteiger partial charge is 0.124 e. The Balaban J connectivity index is 1.67. The Labute approximate surface area is 110 Å². The van der Waals surface area contributed by atoms with Gasteiger partial charge in [-0.2, -0.15) is 0 Å². The monoisotopic (exact) mass is 297 g/mol. The topological polar surface area (TPSA) is 3.24 Å². The lowest BCUT2D eigenvalue weighted by atomic mass is 10.0. The molecule has 1 aliphatic heterocycles. The van der Waals surface area contributed by atoms with Crippen molar-refractivity contribution in [2.24, 2.45) is 11.8 Å². The summed E-state index contributed by atoms with van der Waals surface area (Å²) in [5.74, 6) is 1.67. The summed E-state index contributed by atoms with van der Waals surface area (Å²) in [6.45, 7) is 3.31. The molecule has 1 saturated carbocycles. The molecule has 3 rings (SSSR count). The minimum Gasteiger partial charge on any atom is -0.299 e. The van der Waals surface area contributed by atoms with Crippen LogP contribution in [-0.2, 0) is 6.54 Å². The Morgan fingerprint density at radius 3 is 2.53 bits per heavy atom. The largest absolute Gasteiger partial charge is 0.299 e. The molecule has 1 aromatic carbocycles. The van der Waals surface area contributed by atoms with E-state index in [1.54, 1.807) is 6.07 Å². The van der Waals surface area contributed by atoms with Gasteiger partial charge in [-0.15, -0.1) is 0 Å². The zero-order valence-corrected chi connectivity index (χ0v) is 11.4. The van der Waals surface area contributed by atoms with Crippen molar-refractivity contribution in [2.75, 3.05) is 13.1 Å². The average Bonchev–Trinajstić information content (AvgIpc) is 2.75. The second-order valence-corrected chi connectivity index (χ2v) is 6.34. The van der Waals surface area contributed by atoms with E-state index in [9.17, 15) is 4.39 Å². The van der Waals surface area contributed by atoms with Crippen LogP contribution in [0, 0.1) is 17.7 Å². The van der Waals surface area contributed by atoms with Gasteiger partial charge in [-0.1, -0.05) is 22.4 Å². The number of hydrogen-bond acceptors (Lipinski definition) is 1. The van der Waals surface area contributed by atoms with Gasteiger partial charge < -0.3 is 0 Å². The van der Waals surface area contributed by atoms with E-state index >= 15 is 0 Å². The molecular formula is C14H17BrFN. The minimum atomic E-state index is -0.145. The van der Waals surface area contributed by atoms with E-state index in [1.165, 1.54) is 38.4 Å². The van der Waals surface area contributed by atoms with Crippen LogP contribution in [0.4, 0.5) is 4.39 Å². The van der Waals surface area contributed by atoms with Crippen molar-refractivity contribution in [1.29, 1.82) is 0 Å². The van der Waals surface area contributed by atoms with Gasteiger partial charge >= 0.3 is 0 Å². The molecule has 0 aromatic heterocycles. The van der Waals surface area contributed by atoms with Crippen LogP contribution in [0.2, 0.25) is 0 Å². The van der Waals surface area contributed by atoms with Crippen LogP contribution in [0.25, 0.3) is 0 Å². The molecule has 1 nitrogen and oxygen atoms in total. The highest BCUT2D eigenvalue weighted by Crippen LogP contribution is 2.38. The van der Waals surface area contributed by atoms with Gasteiger partial charge in [0.25, 0.3) is 0 Å². The third kappa shape index (κ3) is 2.55. The van der Waals surface area contributed by atoms with Crippen molar-refractivity contribution in [3.63, 3.8) is 0 Å². The van der Waals surface area contributed by atoms with Gasteiger partial charge in [-0.3, -0.25) is 4.90 Å². The fourth-order valence-electron chi connectivity index (χ4n) is 3.42. The summed E-state index contributed by atoms with van der Waals surface area (Å²) >= 11 is 3.35. The Kier molecular flexibility index (Phi) is 3.22. The van der Waals surface area contributed by atoms with Crippen LogP contribution in [0.1, 0.15) is 24.8 Å². The first-order valence-corrected chi connectivity index (χ1v) is 7.17. The van der Waals surface area contributed by atoms with Crippen molar-refractivity contribution >= 4 is 15.9 Å². The molecular weight excluding hydrogens is 281 g/mol. The summed E-state index contributed by atoms with van der Waals surface area (Å²) in [4.78, 5) is 2.48. The molecule has 0 spiro atoms. The maximum atomic E-state index is 13.3. The maximum absolute atomic E-state index is 13.3. The van der Waals surface area contributed by atoms with E-state index in [1.807, 2.05) is 6.07 Å². The van der Waals surface area contributed by atoms with Gasteiger partial charge in [0.2, 0.25) is 0 Å². The first-order valence-electron chi connectivity index (χ1n) is 6.38. The summed E-state index contributed by atoms with van der Waals surface area (Å²) in [7, 11) is 0. The minimum absolute atomic E-state index is 0.145. The molecule has 0 radical (unpaired) electrons. The molecule has 2 fully saturated rings. The van der Waals surface area contributed by atoms with Crippen molar-refractivity contribution in [3.8, 4) is 0 Å². The highest BCUT2D eigenvalue weighted by atomic mass is 79.9. The molecule has 2 unspecified atom stereocenters. The summed E-state index contributed by atoms with van der Waals surface area (Å²) < 4.78 is 14.1. The standard InChI is InChI=1S/C14H17BrFN/c15-13-4-10(5-14(16)6-13)7-17-8-11-2-1-3-12(11)9-17/h4-6,11-12H,1-3,7-9H2. The van der Waals surface area contributed by atoms with Gasteiger partial charge in [0, 0.05) is 24.1 Å². The summed E-state index contributed by atoms with van der Waals surface area (Å²) in [5, 5.41) is 0. The first-order chi connectivity index (χ1) is 8.20. The van der Waals surface area contributed by atoms with E-state index in [0.717, 1.165) is 28.4 Å². The third-order valence-corrected chi connectivity index (χ3v) is 4.59. The number of rotatable bonds is 2. The van der Waals surface area contributed by atoms with Crippen LogP contribution in [-0.4, -0.2) is 18.0 Å². The van der Waals surface area contributed by atoms with E-state index in [0.29, 0.717) is 0 Å². The molecule has 1 heterocycles. The molecule has 1 aromatic rings. The van der Waals surface area contributed by atoms with Crippen LogP contribution in [0.5, 0.6) is 0 Å². The lowest BCUT2D eigenvalue weighted by molar-refractivity contribution is 0.303. The Morgan fingerprint density at radius 1 is 1.18 bits per heavy atom.